The molecule has 1 aromatic heterocycles. The average molecular weight is 262 g/mol. The predicted molar refractivity (Wildman–Crippen MR) is 72.0 cm³/mol. The molecule has 0 aliphatic carbocycles. The summed E-state index contributed by atoms with van der Waals surface area (Å²) in [5.74, 6) is -0.134. The summed E-state index contributed by atoms with van der Waals surface area (Å²) in [6.07, 6.45) is 2.86. The average Bonchev–Trinajstić information content (AvgIpc) is 2.81. The Morgan fingerprint density at radius 3 is 3.00 bits per heavy atom. The zero-order chi connectivity index (χ0) is 13.8. The molecule has 19 heavy (non-hydrogen) atoms. The van der Waals surface area contributed by atoms with Crippen LogP contribution < -0.4 is 16.0 Å². The van der Waals surface area contributed by atoms with Gasteiger partial charge in [-0.2, -0.15) is 0 Å². The van der Waals surface area contributed by atoms with Crippen LogP contribution >= 0.6 is 0 Å². The van der Waals surface area contributed by atoms with Crippen molar-refractivity contribution in [3.63, 3.8) is 0 Å². The van der Waals surface area contributed by atoms with Gasteiger partial charge in [-0.05, 0) is 19.4 Å². The number of carbonyl (C=O) groups is 2. The number of amides is 2. The lowest BCUT2D eigenvalue weighted by Crippen LogP contribution is -2.38. The molecule has 1 unspecified atom stereocenters. The Bertz CT molecular complexity index is 501. The number of hydrogen-bond acceptors (Lipinski definition) is 4. The minimum absolute atomic E-state index is 0.0351. The van der Waals surface area contributed by atoms with Gasteiger partial charge in [-0.25, -0.2) is 0 Å². The molecule has 1 aromatic rings. The Morgan fingerprint density at radius 1 is 1.58 bits per heavy atom. The van der Waals surface area contributed by atoms with E-state index in [2.05, 4.69) is 20.9 Å². The van der Waals surface area contributed by atoms with E-state index >= 15 is 0 Å². The van der Waals surface area contributed by atoms with Crippen LogP contribution in [0, 0.1) is 6.92 Å². The Morgan fingerprint density at radius 2 is 2.37 bits per heavy atom. The minimum Gasteiger partial charge on any atom is -0.387 e. The highest BCUT2D eigenvalue weighted by molar-refractivity contribution is 5.99. The van der Waals surface area contributed by atoms with Gasteiger partial charge in [0.05, 0.1) is 11.3 Å². The van der Waals surface area contributed by atoms with Gasteiger partial charge in [0.25, 0.3) is 5.91 Å². The molecule has 0 saturated carbocycles. The second-order valence-electron chi connectivity index (χ2n) is 4.63. The lowest BCUT2D eigenvalue weighted by Gasteiger charge is -2.13. The van der Waals surface area contributed by atoms with Crippen molar-refractivity contribution in [1.82, 2.24) is 15.6 Å². The molecule has 0 aromatic carbocycles. The number of rotatable bonds is 4. The zero-order valence-electron chi connectivity index (χ0n) is 11.1. The maximum atomic E-state index is 12.1. The van der Waals surface area contributed by atoms with E-state index in [1.165, 1.54) is 0 Å². The molecule has 0 bridgehead atoms. The van der Waals surface area contributed by atoms with Crippen molar-refractivity contribution >= 4 is 17.5 Å². The van der Waals surface area contributed by atoms with Crippen LogP contribution in [0.2, 0.25) is 0 Å². The molecule has 6 heteroatoms. The number of aromatic nitrogens is 1. The summed E-state index contributed by atoms with van der Waals surface area (Å²) < 4.78 is 0. The van der Waals surface area contributed by atoms with E-state index in [9.17, 15) is 9.59 Å². The predicted octanol–water partition coefficient (Wildman–Crippen LogP) is 0.440. The summed E-state index contributed by atoms with van der Waals surface area (Å²) in [6.45, 7) is 2.32. The van der Waals surface area contributed by atoms with Gasteiger partial charge < -0.3 is 16.0 Å². The van der Waals surface area contributed by atoms with Crippen molar-refractivity contribution < 1.29 is 9.59 Å². The van der Waals surface area contributed by atoms with Gasteiger partial charge >= 0.3 is 0 Å². The van der Waals surface area contributed by atoms with E-state index in [-0.39, 0.29) is 17.9 Å². The number of anilines is 1. The molecule has 2 rings (SSSR count). The lowest BCUT2D eigenvalue weighted by molar-refractivity contribution is -0.119. The normalized spacial score (nSPS) is 18.0. The summed E-state index contributed by atoms with van der Waals surface area (Å²) in [6, 6.07) is 1.86. The number of pyridine rings is 1. The summed E-state index contributed by atoms with van der Waals surface area (Å²) in [5.41, 5.74) is 2.11. The van der Waals surface area contributed by atoms with Crippen LogP contribution in [0.25, 0.3) is 0 Å². The first-order chi connectivity index (χ1) is 9.10. The Balaban J connectivity index is 1.98. The largest absolute Gasteiger partial charge is 0.387 e. The van der Waals surface area contributed by atoms with Gasteiger partial charge in [0.1, 0.15) is 0 Å². The first kappa shape index (κ1) is 13.3. The Hall–Kier alpha value is -2.11. The van der Waals surface area contributed by atoms with Crippen molar-refractivity contribution in [2.45, 2.75) is 25.8 Å². The second kappa shape index (κ2) is 5.69. The van der Waals surface area contributed by atoms with Crippen LogP contribution in [0.15, 0.2) is 12.3 Å². The molecule has 6 nitrogen and oxygen atoms in total. The van der Waals surface area contributed by atoms with Crippen molar-refractivity contribution in [1.29, 1.82) is 0 Å². The Kier molecular flexibility index (Phi) is 3.99. The van der Waals surface area contributed by atoms with E-state index in [1.807, 2.05) is 13.0 Å². The molecule has 1 aliphatic heterocycles. The van der Waals surface area contributed by atoms with Gasteiger partial charge in [-0.15, -0.1) is 0 Å². The van der Waals surface area contributed by atoms with Gasteiger partial charge in [-0.3, -0.25) is 14.6 Å². The highest BCUT2D eigenvalue weighted by Crippen LogP contribution is 2.15. The SMILES string of the molecule is CNc1cc(C)ncc1C(=O)NCC1CCC(=O)N1. The third-order valence-corrected chi connectivity index (χ3v) is 3.15. The van der Waals surface area contributed by atoms with Crippen LogP contribution in [-0.4, -0.2) is 36.4 Å². The van der Waals surface area contributed by atoms with Gasteiger partial charge in [0, 0.05) is 37.9 Å². The summed E-state index contributed by atoms with van der Waals surface area (Å²) in [4.78, 5) is 27.3. The third kappa shape index (κ3) is 3.21. The van der Waals surface area contributed by atoms with Crippen LogP contribution in [0.3, 0.4) is 0 Å². The highest BCUT2D eigenvalue weighted by Gasteiger charge is 2.21. The van der Waals surface area contributed by atoms with E-state index in [0.29, 0.717) is 18.5 Å². The molecule has 2 heterocycles. The van der Waals surface area contributed by atoms with Gasteiger partial charge in [0.15, 0.2) is 0 Å². The molecule has 1 saturated heterocycles. The molecule has 1 atom stereocenters. The Labute approximate surface area is 112 Å². The maximum Gasteiger partial charge on any atom is 0.255 e. The van der Waals surface area contributed by atoms with Crippen molar-refractivity contribution in [3.8, 4) is 0 Å². The fraction of sp³-hybridized carbons (Fsp3) is 0.462. The molecule has 1 aliphatic rings. The molecule has 3 N–H and O–H groups in total. The molecule has 0 spiro atoms. The van der Waals surface area contributed by atoms with Crippen LogP contribution in [0.5, 0.6) is 0 Å². The minimum atomic E-state index is -0.182. The number of aryl methyl sites for hydroxylation is 1. The van der Waals surface area contributed by atoms with Crippen LogP contribution in [0.4, 0.5) is 5.69 Å². The van der Waals surface area contributed by atoms with Crippen molar-refractivity contribution in [2.75, 3.05) is 18.9 Å². The van der Waals surface area contributed by atoms with E-state index in [4.69, 9.17) is 0 Å². The summed E-state index contributed by atoms with van der Waals surface area (Å²) in [5, 5.41) is 8.62. The lowest BCUT2D eigenvalue weighted by atomic mass is 10.2. The molecule has 1 fully saturated rings. The van der Waals surface area contributed by atoms with E-state index < -0.39 is 0 Å². The molecular weight excluding hydrogens is 244 g/mol. The molecule has 102 valence electrons. The van der Waals surface area contributed by atoms with Gasteiger partial charge in [0.2, 0.25) is 5.91 Å². The van der Waals surface area contributed by atoms with Crippen LogP contribution in [0.1, 0.15) is 28.9 Å². The molecular formula is C13H18N4O2. The first-order valence-electron chi connectivity index (χ1n) is 6.32. The smallest absolute Gasteiger partial charge is 0.255 e. The number of carbonyl (C=O) groups excluding carboxylic acids is 2. The molecule has 0 radical (unpaired) electrons. The van der Waals surface area contributed by atoms with Gasteiger partial charge in [-0.1, -0.05) is 0 Å². The fourth-order valence-electron chi connectivity index (χ4n) is 2.09. The second-order valence-corrected chi connectivity index (χ2v) is 4.63. The van der Waals surface area contributed by atoms with E-state index in [0.717, 1.165) is 17.8 Å². The topological polar surface area (TPSA) is 83.1 Å². The highest BCUT2D eigenvalue weighted by atomic mass is 16.2. The summed E-state index contributed by atoms with van der Waals surface area (Å²) >= 11 is 0. The maximum absolute atomic E-state index is 12.1. The molecule has 2 amide bonds. The summed E-state index contributed by atoms with van der Waals surface area (Å²) in [7, 11) is 1.77. The van der Waals surface area contributed by atoms with Crippen molar-refractivity contribution in [2.24, 2.45) is 0 Å². The monoisotopic (exact) mass is 262 g/mol. The van der Waals surface area contributed by atoms with Crippen molar-refractivity contribution in [3.05, 3.63) is 23.5 Å². The quantitative estimate of drug-likeness (QED) is 0.735. The van der Waals surface area contributed by atoms with E-state index in [1.54, 1.807) is 13.2 Å². The fourth-order valence-corrected chi connectivity index (χ4v) is 2.09. The zero-order valence-corrected chi connectivity index (χ0v) is 11.1. The number of nitrogens with one attached hydrogen (secondary N) is 3. The first-order valence-corrected chi connectivity index (χ1v) is 6.32. The third-order valence-electron chi connectivity index (χ3n) is 3.15. The van der Waals surface area contributed by atoms with Crippen LogP contribution in [-0.2, 0) is 4.79 Å². The number of nitrogens with zero attached hydrogens (tertiary/aromatic N) is 1. The number of hydrogen-bond donors (Lipinski definition) is 3. The standard InChI is InChI=1S/C13H18N4O2/c1-8-5-11(14-2)10(7-15-8)13(19)16-6-9-3-4-12(18)17-9/h5,7,9H,3-4,6H2,1-2H3,(H,14,15)(H,16,19)(H,17,18).